The SMILES string of the molecule is CNC(c1occc1C)C(C)(C)C. The second kappa shape index (κ2) is 3.54. The van der Waals surface area contributed by atoms with Crippen molar-refractivity contribution in [2.24, 2.45) is 5.41 Å². The fourth-order valence-corrected chi connectivity index (χ4v) is 1.64. The molecule has 0 bridgehead atoms. The van der Waals surface area contributed by atoms with E-state index in [4.69, 9.17) is 4.42 Å². The Labute approximate surface area is 80.3 Å². The molecule has 2 heteroatoms. The van der Waals surface area contributed by atoms with Gasteiger partial charge in [-0.15, -0.1) is 0 Å². The van der Waals surface area contributed by atoms with Gasteiger partial charge in [-0.25, -0.2) is 0 Å². The van der Waals surface area contributed by atoms with Crippen LogP contribution in [0, 0.1) is 12.3 Å². The van der Waals surface area contributed by atoms with Gasteiger partial charge in [-0.3, -0.25) is 0 Å². The second-order valence-corrected chi connectivity index (χ2v) is 4.56. The molecule has 13 heavy (non-hydrogen) atoms. The minimum absolute atomic E-state index is 0.178. The van der Waals surface area contributed by atoms with Gasteiger partial charge < -0.3 is 9.73 Å². The first-order chi connectivity index (χ1) is 5.96. The molecule has 0 aliphatic heterocycles. The largest absolute Gasteiger partial charge is 0.467 e. The van der Waals surface area contributed by atoms with E-state index in [1.165, 1.54) is 5.56 Å². The standard InChI is InChI=1S/C11H19NO/c1-8-6-7-13-9(8)10(12-5)11(2,3)4/h6-7,10,12H,1-5H3. The van der Waals surface area contributed by atoms with Gasteiger partial charge in [0.2, 0.25) is 0 Å². The monoisotopic (exact) mass is 181 g/mol. The molecule has 0 saturated heterocycles. The fraction of sp³-hybridized carbons (Fsp3) is 0.636. The van der Waals surface area contributed by atoms with Gasteiger partial charge in [-0.1, -0.05) is 20.8 Å². The molecule has 1 N–H and O–H groups in total. The van der Waals surface area contributed by atoms with Crippen molar-refractivity contribution in [3.05, 3.63) is 23.7 Å². The summed E-state index contributed by atoms with van der Waals surface area (Å²) in [4.78, 5) is 0. The summed E-state index contributed by atoms with van der Waals surface area (Å²) < 4.78 is 5.48. The first-order valence-corrected chi connectivity index (χ1v) is 4.68. The van der Waals surface area contributed by atoms with E-state index in [9.17, 15) is 0 Å². The molecule has 0 saturated carbocycles. The van der Waals surface area contributed by atoms with Crippen molar-refractivity contribution < 1.29 is 4.42 Å². The maximum Gasteiger partial charge on any atom is 0.124 e. The maximum absolute atomic E-state index is 5.48. The van der Waals surface area contributed by atoms with E-state index in [2.05, 4.69) is 33.0 Å². The lowest BCUT2D eigenvalue weighted by molar-refractivity contribution is 0.248. The summed E-state index contributed by atoms with van der Waals surface area (Å²) in [6.07, 6.45) is 1.75. The summed E-state index contributed by atoms with van der Waals surface area (Å²) in [5, 5.41) is 3.29. The summed E-state index contributed by atoms with van der Waals surface area (Å²) in [5.74, 6) is 1.05. The number of furan rings is 1. The molecule has 74 valence electrons. The van der Waals surface area contributed by atoms with Crippen molar-refractivity contribution in [3.8, 4) is 0 Å². The lowest BCUT2D eigenvalue weighted by Gasteiger charge is -2.29. The highest BCUT2D eigenvalue weighted by Crippen LogP contribution is 2.34. The van der Waals surface area contributed by atoms with Crippen molar-refractivity contribution in [2.75, 3.05) is 7.05 Å². The molecule has 1 unspecified atom stereocenters. The molecule has 2 nitrogen and oxygen atoms in total. The lowest BCUT2D eigenvalue weighted by Crippen LogP contribution is -2.29. The third-order valence-electron chi connectivity index (χ3n) is 2.32. The molecule has 0 radical (unpaired) electrons. The highest BCUT2D eigenvalue weighted by Gasteiger charge is 2.28. The van der Waals surface area contributed by atoms with Crippen LogP contribution in [0.4, 0.5) is 0 Å². The first kappa shape index (κ1) is 10.3. The van der Waals surface area contributed by atoms with Crippen LogP contribution in [0.5, 0.6) is 0 Å². The smallest absolute Gasteiger partial charge is 0.124 e. The van der Waals surface area contributed by atoms with E-state index >= 15 is 0 Å². The number of hydrogen-bond acceptors (Lipinski definition) is 2. The maximum atomic E-state index is 5.48. The Morgan fingerprint density at radius 3 is 2.31 bits per heavy atom. The molecule has 0 aromatic carbocycles. The van der Waals surface area contributed by atoms with Crippen molar-refractivity contribution in [3.63, 3.8) is 0 Å². The van der Waals surface area contributed by atoms with Crippen LogP contribution in [-0.2, 0) is 0 Å². The third kappa shape index (κ3) is 2.13. The van der Waals surface area contributed by atoms with Gasteiger partial charge in [0.1, 0.15) is 5.76 Å². The molecular formula is C11H19NO. The molecule has 0 fully saturated rings. The normalized spacial score (nSPS) is 14.5. The van der Waals surface area contributed by atoms with Gasteiger partial charge in [0.15, 0.2) is 0 Å². The molecular weight excluding hydrogens is 162 g/mol. The van der Waals surface area contributed by atoms with Crippen LogP contribution in [0.1, 0.15) is 38.1 Å². The van der Waals surface area contributed by atoms with E-state index in [1.54, 1.807) is 6.26 Å². The molecule has 0 amide bonds. The van der Waals surface area contributed by atoms with Crippen LogP contribution in [0.25, 0.3) is 0 Å². The van der Waals surface area contributed by atoms with Crippen molar-refractivity contribution in [2.45, 2.75) is 33.7 Å². The zero-order valence-electron chi connectivity index (χ0n) is 9.14. The molecule has 1 rings (SSSR count). The van der Waals surface area contributed by atoms with Gasteiger partial charge in [-0.05, 0) is 31.0 Å². The Balaban J connectivity index is 2.98. The number of nitrogens with one attached hydrogen (secondary N) is 1. The summed E-state index contributed by atoms with van der Waals surface area (Å²) in [7, 11) is 1.97. The zero-order chi connectivity index (χ0) is 10.1. The second-order valence-electron chi connectivity index (χ2n) is 4.56. The Morgan fingerprint density at radius 2 is 2.00 bits per heavy atom. The molecule has 1 aromatic heterocycles. The highest BCUT2D eigenvalue weighted by molar-refractivity contribution is 5.19. The average Bonchev–Trinajstić information content (AvgIpc) is 2.35. The van der Waals surface area contributed by atoms with Gasteiger partial charge in [0.25, 0.3) is 0 Å². The number of rotatable bonds is 2. The predicted molar refractivity (Wildman–Crippen MR) is 54.7 cm³/mol. The third-order valence-corrected chi connectivity index (χ3v) is 2.32. The number of aryl methyl sites for hydroxylation is 1. The summed E-state index contributed by atoms with van der Waals surface area (Å²) >= 11 is 0. The van der Waals surface area contributed by atoms with Crippen LogP contribution < -0.4 is 5.32 Å². The zero-order valence-corrected chi connectivity index (χ0v) is 9.14. The van der Waals surface area contributed by atoms with Crippen molar-refractivity contribution in [1.29, 1.82) is 0 Å². The summed E-state index contributed by atoms with van der Waals surface area (Å²) in [6, 6.07) is 2.29. The van der Waals surface area contributed by atoms with E-state index in [1.807, 2.05) is 13.1 Å². The van der Waals surface area contributed by atoms with Gasteiger partial charge in [0.05, 0.1) is 12.3 Å². The molecule has 1 atom stereocenters. The molecule has 0 aliphatic carbocycles. The Hall–Kier alpha value is -0.760. The minimum Gasteiger partial charge on any atom is -0.467 e. The van der Waals surface area contributed by atoms with E-state index in [0.29, 0.717) is 0 Å². The lowest BCUT2D eigenvalue weighted by atomic mass is 9.84. The Kier molecular flexibility index (Phi) is 2.81. The van der Waals surface area contributed by atoms with E-state index in [0.717, 1.165) is 5.76 Å². The predicted octanol–water partition coefficient (Wildman–Crippen LogP) is 2.89. The van der Waals surface area contributed by atoms with Crippen LogP contribution in [-0.4, -0.2) is 7.05 Å². The minimum atomic E-state index is 0.178. The van der Waals surface area contributed by atoms with Crippen LogP contribution in [0.3, 0.4) is 0 Å². The van der Waals surface area contributed by atoms with Crippen molar-refractivity contribution in [1.82, 2.24) is 5.32 Å². The van der Waals surface area contributed by atoms with E-state index in [-0.39, 0.29) is 11.5 Å². The topological polar surface area (TPSA) is 25.2 Å². The van der Waals surface area contributed by atoms with Gasteiger partial charge >= 0.3 is 0 Å². The van der Waals surface area contributed by atoms with Crippen LogP contribution in [0.2, 0.25) is 0 Å². The van der Waals surface area contributed by atoms with Crippen molar-refractivity contribution >= 4 is 0 Å². The molecule has 1 aromatic rings. The highest BCUT2D eigenvalue weighted by atomic mass is 16.3. The van der Waals surface area contributed by atoms with Crippen LogP contribution >= 0.6 is 0 Å². The molecule has 1 heterocycles. The fourth-order valence-electron chi connectivity index (χ4n) is 1.64. The Morgan fingerprint density at radius 1 is 1.38 bits per heavy atom. The van der Waals surface area contributed by atoms with E-state index < -0.39 is 0 Å². The summed E-state index contributed by atoms with van der Waals surface area (Å²) in [6.45, 7) is 8.69. The number of hydrogen-bond donors (Lipinski definition) is 1. The summed E-state index contributed by atoms with van der Waals surface area (Å²) in [5.41, 5.74) is 1.39. The molecule has 0 spiro atoms. The first-order valence-electron chi connectivity index (χ1n) is 4.68. The van der Waals surface area contributed by atoms with Crippen LogP contribution in [0.15, 0.2) is 16.7 Å². The quantitative estimate of drug-likeness (QED) is 0.759. The molecule has 0 aliphatic rings. The average molecular weight is 181 g/mol. The van der Waals surface area contributed by atoms with Gasteiger partial charge in [0, 0.05) is 0 Å². The Bertz CT molecular complexity index is 270. The van der Waals surface area contributed by atoms with Gasteiger partial charge in [-0.2, -0.15) is 0 Å².